The molecular formula is C16H18As2Cl2N2. The first-order valence-electron chi connectivity index (χ1n) is 7.07. The van der Waals surface area contributed by atoms with Gasteiger partial charge < -0.3 is 0 Å². The maximum atomic E-state index is 6.88. The van der Waals surface area contributed by atoms with E-state index >= 15 is 0 Å². The molecule has 22 heavy (non-hydrogen) atoms. The number of benzene rings is 2. The molecular weight excluding hydrogens is 441 g/mol. The molecule has 116 valence electrons. The van der Waals surface area contributed by atoms with Gasteiger partial charge in [0.1, 0.15) is 0 Å². The van der Waals surface area contributed by atoms with Crippen molar-refractivity contribution in [2.24, 2.45) is 0 Å². The molecule has 1 aliphatic rings. The minimum absolute atomic E-state index is 1.26. The second kappa shape index (κ2) is 6.33. The molecule has 0 aliphatic carbocycles. The number of hydrogen-bond acceptors (Lipinski definition) is 2. The van der Waals surface area contributed by atoms with Gasteiger partial charge in [0, 0.05) is 0 Å². The summed E-state index contributed by atoms with van der Waals surface area (Å²) < 4.78 is 4.72. The van der Waals surface area contributed by atoms with Crippen LogP contribution < -0.4 is 5.47 Å². The van der Waals surface area contributed by atoms with Gasteiger partial charge in [-0.3, -0.25) is 0 Å². The second-order valence-electron chi connectivity index (χ2n) is 5.54. The van der Waals surface area contributed by atoms with Gasteiger partial charge in [-0.05, 0) is 0 Å². The molecule has 0 bridgehead atoms. The minimum atomic E-state index is -1.83. The number of halogens is 2. The van der Waals surface area contributed by atoms with Gasteiger partial charge in [0.25, 0.3) is 0 Å². The van der Waals surface area contributed by atoms with E-state index in [0.717, 1.165) is 0 Å². The topological polar surface area (TPSA) is 6.48 Å². The van der Waals surface area contributed by atoms with Crippen molar-refractivity contribution < 1.29 is 0 Å². The molecule has 1 fully saturated rings. The summed E-state index contributed by atoms with van der Waals surface area (Å²) in [6.45, 7) is 8.56. The molecule has 0 radical (unpaired) electrons. The van der Waals surface area contributed by atoms with Crippen LogP contribution in [0.2, 0.25) is 0 Å². The standard InChI is InChI=1S/C16H18As2Cl2N2/c1-11-7-5-8-12(2)15(11)21-17(19)22(18(21)20)16-13(3)9-6-10-14(16)4/h5-10H,1-4H3. The Morgan fingerprint density at radius 1 is 0.636 bits per heavy atom. The summed E-state index contributed by atoms with van der Waals surface area (Å²) in [5, 5.41) is 0. The predicted molar refractivity (Wildman–Crippen MR) is 100 cm³/mol. The van der Waals surface area contributed by atoms with Crippen LogP contribution in [0.4, 0.5) is 11.4 Å². The zero-order valence-electron chi connectivity index (χ0n) is 13.0. The predicted octanol–water partition coefficient (Wildman–Crippen LogP) is 4.69. The Hall–Kier alpha value is -0.263. The number of hydrogen-bond donors (Lipinski definition) is 0. The second-order valence-corrected chi connectivity index (χ2v) is 17.0. The summed E-state index contributed by atoms with van der Waals surface area (Å²) in [5.74, 6) is 0. The van der Waals surface area contributed by atoms with Gasteiger partial charge in [-0.25, -0.2) is 0 Å². The van der Waals surface area contributed by atoms with E-state index in [2.05, 4.69) is 69.6 Å². The van der Waals surface area contributed by atoms with Crippen LogP contribution in [0, 0.1) is 27.7 Å². The fourth-order valence-corrected chi connectivity index (χ4v) is 22.8. The van der Waals surface area contributed by atoms with E-state index in [4.69, 9.17) is 19.9 Å². The van der Waals surface area contributed by atoms with Crippen molar-refractivity contribution in [3.05, 3.63) is 58.7 Å². The Morgan fingerprint density at radius 2 is 0.909 bits per heavy atom. The Labute approximate surface area is 150 Å². The van der Waals surface area contributed by atoms with Crippen molar-refractivity contribution in [3.63, 3.8) is 0 Å². The Morgan fingerprint density at radius 3 is 1.18 bits per heavy atom. The van der Waals surface area contributed by atoms with Crippen LogP contribution in [0.1, 0.15) is 22.3 Å². The normalized spacial score (nSPS) is 21.0. The molecule has 0 spiro atoms. The van der Waals surface area contributed by atoms with Crippen molar-refractivity contribution in [2.75, 3.05) is 5.47 Å². The van der Waals surface area contributed by atoms with E-state index in [1.54, 1.807) is 0 Å². The molecule has 0 aromatic heterocycles. The third-order valence-corrected chi connectivity index (χ3v) is 23.5. The van der Waals surface area contributed by atoms with Crippen LogP contribution in [0.25, 0.3) is 0 Å². The third-order valence-electron chi connectivity index (χ3n) is 3.90. The third kappa shape index (κ3) is 2.59. The van der Waals surface area contributed by atoms with Crippen LogP contribution in [-0.2, 0) is 0 Å². The summed E-state index contributed by atoms with van der Waals surface area (Å²) in [4.78, 5) is 0. The maximum absolute atomic E-state index is 6.88. The van der Waals surface area contributed by atoms with E-state index in [-0.39, 0.29) is 0 Å². The summed E-state index contributed by atoms with van der Waals surface area (Å²) in [6, 6.07) is 12.7. The van der Waals surface area contributed by atoms with Crippen LogP contribution in [-0.4, -0.2) is 28.3 Å². The first kappa shape index (κ1) is 16.6. The average Bonchev–Trinajstić information content (AvgIpc) is 2.46. The van der Waals surface area contributed by atoms with Gasteiger partial charge >= 0.3 is 151 Å². The molecule has 1 heterocycles. The van der Waals surface area contributed by atoms with E-state index in [9.17, 15) is 0 Å². The van der Waals surface area contributed by atoms with E-state index in [1.165, 1.54) is 33.6 Å². The number of para-hydroxylation sites is 2. The van der Waals surface area contributed by atoms with Crippen LogP contribution in [0.3, 0.4) is 0 Å². The molecule has 0 amide bonds. The molecule has 0 N–H and O–H groups in total. The molecule has 0 saturated carbocycles. The number of anilines is 2. The van der Waals surface area contributed by atoms with E-state index < -0.39 is 28.3 Å². The molecule has 0 atom stereocenters. The summed E-state index contributed by atoms with van der Waals surface area (Å²) in [7, 11) is 13.8. The molecule has 3 rings (SSSR count). The number of nitrogens with zero attached hydrogens (tertiary/aromatic N) is 2. The van der Waals surface area contributed by atoms with Gasteiger partial charge in [-0.15, -0.1) is 0 Å². The summed E-state index contributed by atoms with van der Waals surface area (Å²) in [5.41, 5.74) is 7.58. The monoisotopic (exact) mass is 458 g/mol. The quantitative estimate of drug-likeness (QED) is 0.602. The van der Waals surface area contributed by atoms with Crippen molar-refractivity contribution >= 4 is 59.6 Å². The summed E-state index contributed by atoms with van der Waals surface area (Å²) in [6.07, 6.45) is 0. The molecule has 2 nitrogen and oxygen atoms in total. The number of rotatable bonds is 2. The van der Waals surface area contributed by atoms with Crippen LogP contribution in [0.5, 0.6) is 0 Å². The molecule has 1 saturated heterocycles. The van der Waals surface area contributed by atoms with Crippen molar-refractivity contribution in [1.82, 2.24) is 0 Å². The zero-order valence-corrected chi connectivity index (χ0v) is 18.3. The Balaban J connectivity index is 1.99. The SMILES string of the molecule is Cc1cccc(C)c1N1[As](Cl)N(c2c(C)cccc2C)[As]1Cl. The first-order chi connectivity index (χ1) is 10.4. The van der Waals surface area contributed by atoms with E-state index in [0.29, 0.717) is 0 Å². The van der Waals surface area contributed by atoms with Crippen LogP contribution >= 0.6 is 19.9 Å². The molecule has 2 aromatic rings. The van der Waals surface area contributed by atoms with Crippen molar-refractivity contribution in [3.8, 4) is 0 Å². The van der Waals surface area contributed by atoms with Gasteiger partial charge in [0.05, 0.1) is 0 Å². The first-order valence-corrected chi connectivity index (χ1v) is 15.4. The zero-order chi connectivity index (χ0) is 16.0. The fraction of sp³-hybridized carbons (Fsp3) is 0.250. The molecule has 1 aliphatic heterocycles. The van der Waals surface area contributed by atoms with Crippen molar-refractivity contribution in [2.45, 2.75) is 27.7 Å². The Bertz CT molecular complexity index is 613. The molecule has 0 unspecified atom stereocenters. The molecule has 2 aromatic carbocycles. The van der Waals surface area contributed by atoms with Crippen LogP contribution in [0.15, 0.2) is 36.4 Å². The fourth-order valence-electron chi connectivity index (χ4n) is 2.82. The van der Waals surface area contributed by atoms with Gasteiger partial charge in [0.2, 0.25) is 0 Å². The van der Waals surface area contributed by atoms with Crippen molar-refractivity contribution in [1.29, 1.82) is 0 Å². The van der Waals surface area contributed by atoms with E-state index in [1.807, 2.05) is 0 Å². The van der Waals surface area contributed by atoms with Gasteiger partial charge in [0.15, 0.2) is 0 Å². The average molecular weight is 459 g/mol. The number of aryl methyl sites for hydroxylation is 4. The van der Waals surface area contributed by atoms with Gasteiger partial charge in [-0.2, -0.15) is 0 Å². The molecule has 6 heteroatoms. The Kier molecular flexibility index (Phi) is 4.77. The van der Waals surface area contributed by atoms with Gasteiger partial charge in [-0.1, -0.05) is 0 Å². The summed E-state index contributed by atoms with van der Waals surface area (Å²) >= 11 is -3.66.